The highest BCUT2D eigenvalue weighted by Gasteiger charge is 2.09. The Morgan fingerprint density at radius 3 is 2.00 bits per heavy atom. The Labute approximate surface area is 135 Å². The van der Waals surface area contributed by atoms with Crippen molar-refractivity contribution in [2.75, 3.05) is 0 Å². The molecule has 0 rings (SSSR count). The molecule has 0 bridgehead atoms. The zero-order valence-electron chi connectivity index (χ0n) is 14.2. The van der Waals surface area contributed by atoms with E-state index in [1.165, 1.54) is 32.1 Å². The standard InChI is InChI=1S/C18H33NO3/c1-2-3-4-5-6-9-12-15-18(19(21)22)16-13-10-7-8-11-14-17-20/h15,17H,2-14,16H2,1H3/b18-15+. The monoisotopic (exact) mass is 311 g/mol. The van der Waals surface area contributed by atoms with Crippen molar-refractivity contribution in [3.05, 3.63) is 21.9 Å². The van der Waals surface area contributed by atoms with Gasteiger partial charge in [-0.3, -0.25) is 10.1 Å². The molecule has 0 aliphatic heterocycles. The molecule has 22 heavy (non-hydrogen) atoms. The Kier molecular flexibility index (Phi) is 15.3. The Balaban J connectivity index is 3.69. The van der Waals surface area contributed by atoms with Crippen molar-refractivity contribution < 1.29 is 9.72 Å². The fourth-order valence-electron chi connectivity index (χ4n) is 2.53. The van der Waals surface area contributed by atoms with Crippen LogP contribution < -0.4 is 0 Å². The second-order valence-corrected chi connectivity index (χ2v) is 5.98. The fraction of sp³-hybridized carbons (Fsp3) is 0.833. The first-order valence-corrected chi connectivity index (χ1v) is 8.99. The summed E-state index contributed by atoms with van der Waals surface area (Å²) in [6.45, 7) is 2.20. The summed E-state index contributed by atoms with van der Waals surface area (Å²) in [5.74, 6) is 0. The predicted octanol–water partition coefficient (Wildman–Crippen LogP) is 5.83. The van der Waals surface area contributed by atoms with Gasteiger partial charge in [-0.15, -0.1) is 0 Å². The van der Waals surface area contributed by atoms with Crippen molar-refractivity contribution in [1.82, 2.24) is 0 Å². The van der Waals surface area contributed by atoms with E-state index in [-0.39, 0.29) is 4.92 Å². The predicted molar refractivity (Wildman–Crippen MR) is 91.5 cm³/mol. The summed E-state index contributed by atoms with van der Waals surface area (Å²) in [6, 6.07) is 0. The Morgan fingerprint density at radius 1 is 0.864 bits per heavy atom. The Bertz CT molecular complexity index is 313. The summed E-state index contributed by atoms with van der Waals surface area (Å²) in [6.07, 6.45) is 17.1. The zero-order chi connectivity index (χ0) is 16.5. The molecule has 128 valence electrons. The molecule has 0 saturated carbocycles. The lowest BCUT2D eigenvalue weighted by molar-refractivity contribution is -0.428. The normalized spacial score (nSPS) is 11.6. The zero-order valence-corrected chi connectivity index (χ0v) is 14.2. The van der Waals surface area contributed by atoms with Crippen molar-refractivity contribution in [1.29, 1.82) is 0 Å². The van der Waals surface area contributed by atoms with Crippen LogP contribution in [0.4, 0.5) is 0 Å². The third-order valence-electron chi connectivity index (χ3n) is 3.93. The number of aldehydes is 1. The third-order valence-corrected chi connectivity index (χ3v) is 3.93. The molecule has 0 aromatic rings. The number of rotatable bonds is 16. The summed E-state index contributed by atoms with van der Waals surface area (Å²) in [4.78, 5) is 21.0. The van der Waals surface area contributed by atoms with Crippen molar-refractivity contribution in [2.45, 2.75) is 96.8 Å². The fourth-order valence-corrected chi connectivity index (χ4v) is 2.53. The van der Waals surface area contributed by atoms with Gasteiger partial charge in [0.1, 0.15) is 6.29 Å². The van der Waals surface area contributed by atoms with Crippen LogP contribution in [0.15, 0.2) is 11.8 Å². The van der Waals surface area contributed by atoms with E-state index in [9.17, 15) is 14.9 Å². The number of nitro groups is 1. The molecule has 0 amide bonds. The van der Waals surface area contributed by atoms with Gasteiger partial charge in [-0.05, 0) is 31.8 Å². The van der Waals surface area contributed by atoms with Gasteiger partial charge in [0.15, 0.2) is 0 Å². The second-order valence-electron chi connectivity index (χ2n) is 5.98. The first-order valence-electron chi connectivity index (χ1n) is 8.99. The number of hydrogen-bond acceptors (Lipinski definition) is 3. The second kappa shape index (κ2) is 16.2. The van der Waals surface area contributed by atoms with Gasteiger partial charge in [-0.25, -0.2) is 0 Å². The van der Waals surface area contributed by atoms with Crippen LogP contribution in [0.5, 0.6) is 0 Å². The molecule has 0 saturated heterocycles. The van der Waals surface area contributed by atoms with Gasteiger partial charge in [0.05, 0.1) is 4.92 Å². The number of unbranched alkanes of at least 4 members (excludes halogenated alkanes) is 11. The van der Waals surface area contributed by atoms with Crippen LogP contribution in [0.25, 0.3) is 0 Å². The summed E-state index contributed by atoms with van der Waals surface area (Å²) in [5.41, 5.74) is 0.390. The highest BCUT2D eigenvalue weighted by Crippen LogP contribution is 2.14. The summed E-state index contributed by atoms with van der Waals surface area (Å²) < 4.78 is 0. The number of hydrogen-bond donors (Lipinski definition) is 0. The number of nitrogens with zero attached hydrogens (tertiary/aromatic N) is 1. The number of allylic oxidation sites excluding steroid dienone is 2. The van der Waals surface area contributed by atoms with Gasteiger partial charge in [0.25, 0.3) is 0 Å². The molecule has 0 aliphatic rings. The molecule has 4 heteroatoms. The van der Waals surface area contributed by atoms with E-state index in [0.29, 0.717) is 18.5 Å². The number of carbonyl (C=O) groups excluding carboxylic acids is 1. The largest absolute Gasteiger partial charge is 0.303 e. The highest BCUT2D eigenvalue weighted by molar-refractivity contribution is 5.48. The van der Waals surface area contributed by atoms with Crippen LogP contribution >= 0.6 is 0 Å². The maximum absolute atomic E-state index is 11.0. The topological polar surface area (TPSA) is 60.2 Å². The van der Waals surface area contributed by atoms with Crippen LogP contribution in [-0.2, 0) is 4.79 Å². The lowest BCUT2D eigenvalue weighted by Crippen LogP contribution is -1.99. The minimum atomic E-state index is -0.219. The van der Waals surface area contributed by atoms with Crippen LogP contribution in [0.1, 0.15) is 96.8 Å². The van der Waals surface area contributed by atoms with Gasteiger partial charge >= 0.3 is 0 Å². The molecule has 0 N–H and O–H groups in total. The molecule has 0 radical (unpaired) electrons. The third kappa shape index (κ3) is 13.8. The minimum Gasteiger partial charge on any atom is -0.303 e. The van der Waals surface area contributed by atoms with E-state index in [0.717, 1.165) is 51.2 Å². The first-order chi connectivity index (χ1) is 10.7. The lowest BCUT2D eigenvalue weighted by atomic mass is 10.1. The molecule has 0 atom stereocenters. The molecular weight excluding hydrogens is 278 g/mol. The smallest absolute Gasteiger partial charge is 0.242 e. The summed E-state index contributed by atoms with van der Waals surface area (Å²) in [5, 5.41) is 11.0. The van der Waals surface area contributed by atoms with E-state index in [1.54, 1.807) is 0 Å². The van der Waals surface area contributed by atoms with Gasteiger partial charge in [-0.2, -0.15) is 0 Å². The summed E-state index contributed by atoms with van der Waals surface area (Å²) >= 11 is 0. The van der Waals surface area contributed by atoms with Gasteiger partial charge in [0.2, 0.25) is 5.70 Å². The van der Waals surface area contributed by atoms with Crippen molar-refractivity contribution in [2.24, 2.45) is 0 Å². The molecule has 0 unspecified atom stereocenters. The molecular formula is C18H33NO3. The Hall–Kier alpha value is -1.19. The maximum Gasteiger partial charge on any atom is 0.242 e. The van der Waals surface area contributed by atoms with E-state index >= 15 is 0 Å². The number of carbonyl (C=O) groups is 1. The van der Waals surface area contributed by atoms with Crippen molar-refractivity contribution in [3.63, 3.8) is 0 Å². The average Bonchev–Trinajstić information content (AvgIpc) is 2.50. The van der Waals surface area contributed by atoms with Crippen LogP contribution in [0.3, 0.4) is 0 Å². The van der Waals surface area contributed by atoms with Crippen LogP contribution in [0, 0.1) is 10.1 Å². The van der Waals surface area contributed by atoms with Gasteiger partial charge < -0.3 is 4.79 Å². The van der Waals surface area contributed by atoms with E-state index in [4.69, 9.17) is 0 Å². The average molecular weight is 311 g/mol. The van der Waals surface area contributed by atoms with Gasteiger partial charge in [0, 0.05) is 12.8 Å². The molecule has 0 spiro atoms. The molecule has 0 fully saturated rings. The van der Waals surface area contributed by atoms with Crippen LogP contribution in [0.2, 0.25) is 0 Å². The highest BCUT2D eigenvalue weighted by atomic mass is 16.6. The van der Waals surface area contributed by atoms with Gasteiger partial charge in [-0.1, -0.05) is 58.3 Å². The SMILES string of the molecule is CCCCCCCC/C=C(\CCCCCCCC=O)[N+](=O)[O-]. The van der Waals surface area contributed by atoms with Crippen LogP contribution in [-0.4, -0.2) is 11.2 Å². The molecule has 4 nitrogen and oxygen atoms in total. The van der Waals surface area contributed by atoms with Crippen molar-refractivity contribution >= 4 is 6.29 Å². The minimum absolute atomic E-state index is 0.219. The molecule has 0 heterocycles. The summed E-state index contributed by atoms with van der Waals surface area (Å²) in [7, 11) is 0. The molecule has 0 aromatic heterocycles. The van der Waals surface area contributed by atoms with E-state index in [2.05, 4.69) is 6.92 Å². The lowest BCUT2D eigenvalue weighted by Gasteiger charge is -2.01. The van der Waals surface area contributed by atoms with Crippen molar-refractivity contribution in [3.8, 4) is 0 Å². The molecule has 0 aromatic carbocycles. The van der Waals surface area contributed by atoms with E-state index in [1.807, 2.05) is 6.08 Å². The van der Waals surface area contributed by atoms with E-state index < -0.39 is 0 Å². The molecule has 0 aliphatic carbocycles. The quantitative estimate of drug-likeness (QED) is 0.156. The first kappa shape index (κ1) is 20.8. The maximum atomic E-state index is 11.0. The Morgan fingerprint density at radius 2 is 1.41 bits per heavy atom.